The van der Waals surface area contributed by atoms with Gasteiger partial charge < -0.3 is 5.32 Å². The molecule has 0 spiro atoms. The van der Waals surface area contributed by atoms with Crippen molar-refractivity contribution in [3.05, 3.63) is 71.1 Å². The zero-order valence-corrected chi connectivity index (χ0v) is 13.9. The van der Waals surface area contributed by atoms with Crippen LogP contribution in [0, 0.1) is 6.92 Å². The van der Waals surface area contributed by atoms with E-state index in [0.29, 0.717) is 5.56 Å². The number of aryl methyl sites for hydroxylation is 1. The summed E-state index contributed by atoms with van der Waals surface area (Å²) in [6.07, 6.45) is 2.52. The lowest BCUT2D eigenvalue weighted by Gasteiger charge is -2.05. The van der Waals surface area contributed by atoms with Gasteiger partial charge in [-0.1, -0.05) is 48.0 Å². The van der Waals surface area contributed by atoms with E-state index in [2.05, 4.69) is 5.32 Å². The third-order valence-electron chi connectivity index (χ3n) is 3.26. The lowest BCUT2D eigenvalue weighted by molar-refractivity contribution is 0.0958. The molecule has 0 aliphatic carbocycles. The van der Waals surface area contributed by atoms with Crippen molar-refractivity contribution in [1.82, 2.24) is 5.32 Å². The fourth-order valence-corrected chi connectivity index (χ4v) is 2.48. The number of rotatable bonds is 5. The van der Waals surface area contributed by atoms with Gasteiger partial charge in [-0.3, -0.25) is 4.79 Å². The minimum absolute atomic E-state index is 0.172. The lowest BCUT2D eigenvalue weighted by atomic mass is 10.0. The van der Waals surface area contributed by atoms with Crippen LogP contribution in [0.15, 0.2) is 60.0 Å². The highest BCUT2D eigenvalue weighted by atomic mass is 32.2. The first-order chi connectivity index (χ1) is 10.8. The molecule has 1 N–H and O–H groups in total. The van der Waals surface area contributed by atoms with Crippen LogP contribution in [0.5, 0.6) is 0 Å². The largest absolute Gasteiger partial charge is 0.349 e. The number of carbonyl (C=O) groups is 1. The molecule has 0 aromatic heterocycles. The molecule has 4 nitrogen and oxygen atoms in total. The average molecular weight is 329 g/mol. The molecule has 0 unspecified atom stereocenters. The molecule has 2 aromatic rings. The fraction of sp³-hybridized carbons (Fsp3) is 0.167. The Hall–Kier alpha value is -2.40. The molecular weight excluding hydrogens is 310 g/mol. The molecule has 2 rings (SSSR count). The number of hydrogen-bond donors (Lipinski definition) is 1. The molecule has 1 amide bonds. The van der Waals surface area contributed by atoms with Gasteiger partial charge in [-0.15, -0.1) is 0 Å². The van der Waals surface area contributed by atoms with Crippen LogP contribution in [-0.2, 0) is 9.84 Å². The van der Waals surface area contributed by atoms with E-state index >= 15 is 0 Å². The van der Waals surface area contributed by atoms with Crippen LogP contribution in [-0.4, -0.2) is 27.1 Å². The van der Waals surface area contributed by atoms with Crippen LogP contribution in [0.25, 0.3) is 11.1 Å². The first-order valence-electron chi connectivity index (χ1n) is 7.17. The van der Waals surface area contributed by atoms with Crippen LogP contribution in [0.1, 0.15) is 15.9 Å². The highest BCUT2D eigenvalue weighted by Crippen LogP contribution is 2.20. The number of nitrogens with one attached hydrogen (secondary N) is 1. The SMILES string of the molecule is Cc1ccc(-c2ccc(C(=O)NCC=CS(C)(=O)=O)cc2)cc1. The summed E-state index contributed by atoms with van der Waals surface area (Å²) < 4.78 is 21.9. The maximum absolute atomic E-state index is 12.0. The predicted molar refractivity (Wildman–Crippen MR) is 92.9 cm³/mol. The number of sulfone groups is 1. The van der Waals surface area contributed by atoms with E-state index in [0.717, 1.165) is 22.8 Å². The van der Waals surface area contributed by atoms with Gasteiger partial charge in [-0.05, 0) is 30.2 Å². The maximum atomic E-state index is 12.0. The molecular formula is C18H19NO3S. The zero-order chi connectivity index (χ0) is 16.9. The Morgan fingerprint density at radius 2 is 1.52 bits per heavy atom. The second kappa shape index (κ2) is 7.24. The van der Waals surface area contributed by atoms with Crippen molar-refractivity contribution in [2.75, 3.05) is 12.8 Å². The van der Waals surface area contributed by atoms with Gasteiger partial charge in [0, 0.05) is 23.8 Å². The normalized spacial score (nSPS) is 11.6. The molecule has 0 saturated heterocycles. The topological polar surface area (TPSA) is 63.2 Å². The van der Waals surface area contributed by atoms with Crippen LogP contribution in [0.2, 0.25) is 0 Å². The minimum atomic E-state index is -3.16. The van der Waals surface area contributed by atoms with Crippen molar-refractivity contribution in [3.63, 3.8) is 0 Å². The highest BCUT2D eigenvalue weighted by molar-refractivity contribution is 7.93. The summed E-state index contributed by atoms with van der Waals surface area (Å²) >= 11 is 0. The van der Waals surface area contributed by atoms with Gasteiger partial charge in [-0.2, -0.15) is 0 Å². The third-order valence-corrected chi connectivity index (χ3v) is 3.94. The first-order valence-corrected chi connectivity index (χ1v) is 9.12. The van der Waals surface area contributed by atoms with Crippen molar-refractivity contribution in [1.29, 1.82) is 0 Å². The Kier molecular flexibility index (Phi) is 5.34. The molecule has 0 heterocycles. The molecule has 0 fully saturated rings. The van der Waals surface area contributed by atoms with Gasteiger partial charge in [0.05, 0.1) is 0 Å². The van der Waals surface area contributed by atoms with Gasteiger partial charge in [0.2, 0.25) is 0 Å². The maximum Gasteiger partial charge on any atom is 0.251 e. The smallest absolute Gasteiger partial charge is 0.251 e. The molecule has 120 valence electrons. The van der Waals surface area contributed by atoms with Crippen molar-refractivity contribution < 1.29 is 13.2 Å². The van der Waals surface area contributed by atoms with Gasteiger partial charge in [0.15, 0.2) is 9.84 Å². The average Bonchev–Trinajstić information content (AvgIpc) is 2.51. The third kappa shape index (κ3) is 5.38. The van der Waals surface area contributed by atoms with Crippen molar-refractivity contribution >= 4 is 15.7 Å². The van der Waals surface area contributed by atoms with Crippen LogP contribution >= 0.6 is 0 Å². The molecule has 2 aromatic carbocycles. The van der Waals surface area contributed by atoms with Gasteiger partial charge in [0.1, 0.15) is 0 Å². The Balaban J connectivity index is 2.00. The molecule has 0 aliphatic rings. The highest BCUT2D eigenvalue weighted by Gasteiger charge is 2.05. The standard InChI is InChI=1S/C18H19NO3S/c1-14-4-6-15(7-5-14)16-8-10-17(11-9-16)18(20)19-12-3-13-23(2,21)22/h3-11,13H,12H2,1-2H3,(H,19,20). The van der Waals surface area contributed by atoms with Gasteiger partial charge in [-0.25, -0.2) is 8.42 Å². The Labute approximate surface area is 136 Å². The van der Waals surface area contributed by atoms with Crippen LogP contribution in [0.4, 0.5) is 0 Å². The molecule has 23 heavy (non-hydrogen) atoms. The summed E-state index contributed by atoms with van der Waals surface area (Å²) in [4.78, 5) is 12.0. The summed E-state index contributed by atoms with van der Waals surface area (Å²) in [6.45, 7) is 2.21. The summed E-state index contributed by atoms with van der Waals surface area (Å²) in [5.74, 6) is -0.237. The van der Waals surface area contributed by atoms with Crippen molar-refractivity contribution in [2.24, 2.45) is 0 Å². The number of carbonyl (C=O) groups excluding carboxylic acids is 1. The zero-order valence-electron chi connectivity index (χ0n) is 13.1. The summed E-state index contributed by atoms with van der Waals surface area (Å²) in [5.41, 5.74) is 3.87. The Morgan fingerprint density at radius 3 is 2.04 bits per heavy atom. The molecule has 0 aliphatic heterocycles. The number of benzene rings is 2. The molecule has 0 atom stereocenters. The minimum Gasteiger partial charge on any atom is -0.349 e. The Morgan fingerprint density at radius 1 is 1.00 bits per heavy atom. The summed E-state index contributed by atoms with van der Waals surface area (Å²) in [7, 11) is -3.16. The number of amides is 1. The molecule has 0 radical (unpaired) electrons. The van der Waals surface area contributed by atoms with E-state index in [-0.39, 0.29) is 12.5 Å². The van der Waals surface area contributed by atoms with Crippen molar-refractivity contribution in [3.8, 4) is 11.1 Å². The predicted octanol–water partition coefficient (Wildman–Crippen LogP) is 2.95. The van der Waals surface area contributed by atoms with E-state index in [1.165, 1.54) is 11.6 Å². The summed E-state index contributed by atoms with van der Waals surface area (Å²) in [6, 6.07) is 15.5. The van der Waals surface area contributed by atoms with E-state index < -0.39 is 9.84 Å². The van der Waals surface area contributed by atoms with Gasteiger partial charge >= 0.3 is 0 Å². The Bertz CT molecular complexity index is 804. The van der Waals surface area contributed by atoms with E-state index in [1.807, 2.05) is 43.3 Å². The first kappa shape index (κ1) is 17.0. The quantitative estimate of drug-likeness (QED) is 0.917. The second-order valence-electron chi connectivity index (χ2n) is 5.35. The lowest BCUT2D eigenvalue weighted by Crippen LogP contribution is -2.23. The van der Waals surface area contributed by atoms with E-state index in [4.69, 9.17) is 0 Å². The van der Waals surface area contributed by atoms with E-state index in [1.54, 1.807) is 12.1 Å². The molecule has 0 saturated carbocycles. The summed E-state index contributed by atoms with van der Waals surface area (Å²) in [5, 5.41) is 3.73. The van der Waals surface area contributed by atoms with E-state index in [9.17, 15) is 13.2 Å². The second-order valence-corrected chi connectivity index (χ2v) is 7.29. The van der Waals surface area contributed by atoms with Crippen LogP contribution in [0.3, 0.4) is 0 Å². The van der Waals surface area contributed by atoms with Crippen molar-refractivity contribution in [2.45, 2.75) is 6.92 Å². The monoisotopic (exact) mass is 329 g/mol. The molecule has 0 bridgehead atoms. The van der Waals surface area contributed by atoms with Gasteiger partial charge in [0.25, 0.3) is 5.91 Å². The number of hydrogen-bond acceptors (Lipinski definition) is 3. The fourth-order valence-electron chi connectivity index (χ4n) is 2.04. The molecule has 5 heteroatoms. The van der Waals surface area contributed by atoms with Crippen LogP contribution < -0.4 is 5.32 Å².